The molecule has 3 aromatic rings. The molecule has 1 saturated heterocycles. The molecular formula is C29H31Cl2N7O2. The highest BCUT2D eigenvalue weighted by molar-refractivity contribution is 6.35. The molecule has 2 aromatic heterocycles. The van der Waals surface area contributed by atoms with Gasteiger partial charge in [-0.25, -0.2) is 4.98 Å². The first-order valence-corrected chi connectivity index (χ1v) is 13.9. The van der Waals surface area contributed by atoms with E-state index in [0.29, 0.717) is 28.3 Å². The minimum Gasteiger partial charge on any atom is -0.357 e. The van der Waals surface area contributed by atoms with Gasteiger partial charge in [-0.1, -0.05) is 70.0 Å². The van der Waals surface area contributed by atoms with Crippen LogP contribution in [0.4, 0.5) is 5.82 Å². The van der Waals surface area contributed by atoms with Crippen LogP contribution in [-0.4, -0.2) is 50.3 Å². The maximum absolute atomic E-state index is 14.1. The molecule has 1 aliphatic carbocycles. The number of nitrogens with one attached hydrogen (secondary N) is 2. The molecule has 1 aliphatic heterocycles. The van der Waals surface area contributed by atoms with E-state index in [-0.39, 0.29) is 34.2 Å². The van der Waals surface area contributed by atoms with Crippen LogP contribution in [0.5, 0.6) is 0 Å². The number of amides is 2. The number of hydrogen-bond donors (Lipinski definition) is 2. The summed E-state index contributed by atoms with van der Waals surface area (Å²) in [5, 5.41) is 18.3. The van der Waals surface area contributed by atoms with Crippen molar-refractivity contribution < 1.29 is 9.59 Å². The van der Waals surface area contributed by atoms with Gasteiger partial charge in [-0.15, -0.1) is 0 Å². The van der Waals surface area contributed by atoms with E-state index in [1.54, 1.807) is 23.4 Å². The lowest BCUT2D eigenvalue weighted by Gasteiger charge is -2.38. The first-order chi connectivity index (χ1) is 18.8. The molecular weight excluding hydrogens is 549 g/mol. The summed E-state index contributed by atoms with van der Waals surface area (Å²) in [5.41, 5.74) is -0.116. The summed E-state index contributed by atoms with van der Waals surface area (Å²) >= 11 is 12.5. The standard InChI is InChI=1S/C29H31Cl2N7O2/c1-28(2,3)25(37-21-13-34-12-20(31)36-21)27(40)38-14-17-23(29(17,4)5)24(38)26(39)35-19(9-32)16-11-33-10-15-7-6-8-18(30)22(15)16/h6-8,10-13,17,19,23-25H,14H2,1-5H3,(H,35,39)(H,36,37)/t17-,19?,23-,24-,25+/m0/s1. The molecule has 1 unspecified atom stereocenters. The second-order valence-electron chi connectivity index (χ2n) is 12.2. The van der Waals surface area contributed by atoms with Crippen molar-refractivity contribution in [3.63, 3.8) is 0 Å². The van der Waals surface area contributed by atoms with E-state index < -0.39 is 23.5 Å². The number of aromatic nitrogens is 3. The van der Waals surface area contributed by atoms with E-state index in [2.05, 4.69) is 45.5 Å². The van der Waals surface area contributed by atoms with Gasteiger partial charge in [0.1, 0.15) is 29.1 Å². The fourth-order valence-corrected chi connectivity index (χ4v) is 6.47. The molecule has 2 fully saturated rings. The highest BCUT2D eigenvalue weighted by Crippen LogP contribution is 2.65. The third kappa shape index (κ3) is 4.95. The van der Waals surface area contributed by atoms with Crippen molar-refractivity contribution in [2.45, 2.75) is 52.7 Å². The van der Waals surface area contributed by atoms with Crippen molar-refractivity contribution in [2.24, 2.45) is 22.7 Å². The number of hydrogen-bond acceptors (Lipinski definition) is 7. The summed E-state index contributed by atoms with van der Waals surface area (Å²) < 4.78 is 0. The number of anilines is 1. The molecule has 1 aromatic carbocycles. The van der Waals surface area contributed by atoms with E-state index in [0.717, 1.165) is 5.39 Å². The minimum absolute atomic E-state index is 0.0309. The van der Waals surface area contributed by atoms with E-state index >= 15 is 0 Å². The number of carbonyl (C=O) groups excluding carboxylic acids is 2. The second kappa shape index (κ2) is 10.2. The highest BCUT2D eigenvalue weighted by atomic mass is 35.5. The summed E-state index contributed by atoms with van der Waals surface area (Å²) in [6.07, 6.45) is 6.14. The van der Waals surface area contributed by atoms with Crippen LogP contribution in [0, 0.1) is 34.0 Å². The Morgan fingerprint density at radius 2 is 1.88 bits per heavy atom. The maximum Gasteiger partial charge on any atom is 0.246 e. The van der Waals surface area contributed by atoms with Gasteiger partial charge in [0.15, 0.2) is 0 Å². The Labute approximate surface area is 243 Å². The van der Waals surface area contributed by atoms with Gasteiger partial charge in [-0.2, -0.15) is 5.26 Å². The van der Waals surface area contributed by atoms with E-state index in [1.165, 1.54) is 12.4 Å². The maximum atomic E-state index is 14.1. The number of rotatable bonds is 6. The van der Waals surface area contributed by atoms with Crippen LogP contribution in [0.15, 0.2) is 43.0 Å². The molecule has 5 atom stereocenters. The second-order valence-corrected chi connectivity index (χ2v) is 13.0. The van der Waals surface area contributed by atoms with Crippen molar-refractivity contribution in [1.82, 2.24) is 25.2 Å². The van der Waals surface area contributed by atoms with Gasteiger partial charge in [0.25, 0.3) is 0 Å². The Kier molecular flexibility index (Phi) is 7.13. The lowest BCUT2D eigenvalue weighted by atomic mass is 9.85. The summed E-state index contributed by atoms with van der Waals surface area (Å²) in [6, 6.07) is 5.15. The average Bonchev–Trinajstić information content (AvgIpc) is 3.22. The zero-order valence-electron chi connectivity index (χ0n) is 22.9. The smallest absolute Gasteiger partial charge is 0.246 e. The van der Waals surface area contributed by atoms with Crippen LogP contribution in [-0.2, 0) is 9.59 Å². The predicted molar refractivity (Wildman–Crippen MR) is 153 cm³/mol. The van der Waals surface area contributed by atoms with E-state index in [1.807, 2.05) is 32.9 Å². The quantitative estimate of drug-likeness (QED) is 0.420. The molecule has 2 aliphatic rings. The van der Waals surface area contributed by atoms with Crippen LogP contribution in [0.1, 0.15) is 46.2 Å². The Morgan fingerprint density at radius 1 is 1.15 bits per heavy atom. The van der Waals surface area contributed by atoms with Gasteiger partial charge in [0.2, 0.25) is 11.8 Å². The number of carbonyl (C=O) groups is 2. The molecule has 1 saturated carbocycles. The number of likely N-dealkylation sites (tertiary alicyclic amines) is 1. The van der Waals surface area contributed by atoms with Gasteiger partial charge in [0.05, 0.1) is 18.5 Å². The van der Waals surface area contributed by atoms with Crippen molar-refractivity contribution in [2.75, 3.05) is 11.9 Å². The van der Waals surface area contributed by atoms with Gasteiger partial charge in [0, 0.05) is 40.3 Å². The lowest BCUT2D eigenvalue weighted by molar-refractivity contribution is -0.142. The molecule has 2 amide bonds. The molecule has 2 N–H and O–H groups in total. The van der Waals surface area contributed by atoms with Crippen LogP contribution in [0.25, 0.3) is 10.8 Å². The molecule has 0 spiro atoms. The number of fused-ring (bicyclic) bond motifs is 2. The molecule has 0 bridgehead atoms. The van der Waals surface area contributed by atoms with Gasteiger partial charge in [-0.3, -0.25) is 19.6 Å². The van der Waals surface area contributed by atoms with Gasteiger partial charge in [-0.05, 0) is 28.7 Å². The summed E-state index contributed by atoms with van der Waals surface area (Å²) in [5.74, 6) is -0.0843. The highest BCUT2D eigenvalue weighted by Gasteiger charge is 2.69. The third-order valence-corrected chi connectivity index (χ3v) is 8.76. The van der Waals surface area contributed by atoms with E-state index in [4.69, 9.17) is 23.2 Å². The van der Waals surface area contributed by atoms with Crippen LogP contribution >= 0.6 is 23.2 Å². The number of halogens is 2. The SMILES string of the molecule is CC(C)(C)[C@H](Nc1cncc(Cl)n1)C(=O)N1C[C@H]2[C@@H]([C@H]1C(=O)NC(C#N)c1cncc3cccc(Cl)c13)C2(C)C. The largest absolute Gasteiger partial charge is 0.357 e. The fraction of sp³-hybridized carbons (Fsp3) is 0.448. The predicted octanol–water partition coefficient (Wildman–Crippen LogP) is 5.02. The number of piperidine rings is 1. The number of benzene rings is 1. The van der Waals surface area contributed by atoms with Crippen LogP contribution < -0.4 is 10.6 Å². The van der Waals surface area contributed by atoms with Crippen LogP contribution in [0.3, 0.4) is 0 Å². The molecule has 3 heterocycles. The summed E-state index contributed by atoms with van der Waals surface area (Å²) in [7, 11) is 0. The average molecular weight is 581 g/mol. The number of pyridine rings is 1. The minimum atomic E-state index is -1.00. The van der Waals surface area contributed by atoms with Crippen molar-refractivity contribution >= 4 is 51.6 Å². The monoisotopic (exact) mass is 579 g/mol. The molecule has 9 nitrogen and oxygen atoms in total. The Morgan fingerprint density at radius 3 is 2.55 bits per heavy atom. The topological polar surface area (TPSA) is 124 Å². The number of nitriles is 1. The molecule has 5 rings (SSSR count). The Bertz CT molecular complexity index is 1530. The summed E-state index contributed by atoms with van der Waals surface area (Å²) in [6.45, 7) is 10.5. The first kappa shape index (κ1) is 28.1. The van der Waals surface area contributed by atoms with Crippen molar-refractivity contribution in [1.29, 1.82) is 5.26 Å². The Balaban J connectivity index is 1.45. The van der Waals surface area contributed by atoms with Crippen LogP contribution in [0.2, 0.25) is 10.2 Å². The van der Waals surface area contributed by atoms with E-state index in [9.17, 15) is 14.9 Å². The lowest BCUT2D eigenvalue weighted by Crippen LogP contribution is -2.56. The zero-order chi connectivity index (χ0) is 29.0. The molecule has 11 heteroatoms. The van der Waals surface area contributed by atoms with Crippen molar-refractivity contribution in [3.8, 4) is 6.07 Å². The van der Waals surface area contributed by atoms with Gasteiger partial charge < -0.3 is 15.5 Å². The normalized spacial score (nSPS) is 22.6. The Hall–Kier alpha value is -3.48. The third-order valence-electron chi connectivity index (χ3n) is 8.26. The summed E-state index contributed by atoms with van der Waals surface area (Å²) in [4.78, 5) is 42.3. The molecule has 0 radical (unpaired) electrons. The van der Waals surface area contributed by atoms with Gasteiger partial charge >= 0.3 is 0 Å². The van der Waals surface area contributed by atoms with Crippen molar-refractivity contribution in [3.05, 3.63) is 58.7 Å². The fourth-order valence-electron chi connectivity index (χ4n) is 6.03. The molecule has 208 valence electrons. The first-order valence-electron chi connectivity index (χ1n) is 13.1. The zero-order valence-corrected chi connectivity index (χ0v) is 24.5. The molecule has 40 heavy (non-hydrogen) atoms. The number of nitrogens with zero attached hydrogens (tertiary/aromatic N) is 5.